The molecule has 94 valence electrons. The molecule has 0 amide bonds. The third-order valence-electron chi connectivity index (χ3n) is 4.46. The highest BCUT2D eigenvalue weighted by Crippen LogP contribution is 2.46. The summed E-state index contributed by atoms with van der Waals surface area (Å²) in [6.07, 6.45) is 8.82. The van der Waals surface area contributed by atoms with E-state index in [2.05, 4.69) is 22.4 Å². The van der Waals surface area contributed by atoms with Crippen LogP contribution in [0.5, 0.6) is 0 Å². The van der Waals surface area contributed by atoms with Crippen molar-refractivity contribution in [2.24, 2.45) is 5.41 Å². The van der Waals surface area contributed by atoms with Crippen molar-refractivity contribution in [3.63, 3.8) is 0 Å². The van der Waals surface area contributed by atoms with Crippen molar-refractivity contribution < 1.29 is 4.74 Å². The number of pyridine rings is 1. The Labute approximate surface area is 106 Å². The summed E-state index contributed by atoms with van der Waals surface area (Å²) in [7, 11) is 0. The monoisotopic (exact) mass is 243 g/mol. The summed E-state index contributed by atoms with van der Waals surface area (Å²) in [5.74, 6) is 0. The van der Waals surface area contributed by atoms with E-state index in [0.29, 0.717) is 18.1 Å². The van der Waals surface area contributed by atoms with Crippen LogP contribution in [0.4, 0.5) is 0 Å². The van der Waals surface area contributed by atoms with Crippen molar-refractivity contribution >= 4 is 5.65 Å². The van der Waals surface area contributed by atoms with E-state index >= 15 is 0 Å². The van der Waals surface area contributed by atoms with Crippen LogP contribution in [0.2, 0.25) is 0 Å². The highest BCUT2D eigenvalue weighted by atomic mass is 16.5. The maximum absolute atomic E-state index is 6.07. The number of hydrogen-bond acceptors (Lipinski definition) is 3. The second-order valence-electron chi connectivity index (χ2n) is 5.53. The molecule has 2 aromatic rings. The van der Waals surface area contributed by atoms with Crippen LogP contribution in [0.25, 0.3) is 5.65 Å². The number of fused-ring (bicyclic) bond motifs is 1. The Hall–Kier alpha value is -1.39. The van der Waals surface area contributed by atoms with Gasteiger partial charge in [-0.2, -0.15) is 0 Å². The molecule has 4 heteroatoms. The molecular weight excluding hydrogens is 226 g/mol. The highest BCUT2D eigenvalue weighted by molar-refractivity contribution is 5.40. The standard InChI is InChI=1S/C14H17N3O/c1-3-14(9-15-10-14)12(1)18-8-11-2-5-17-6-4-16-13(17)7-11/h2,4-7,12,15H,1,3,8-10H2. The van der Waals surface area contributed by atoms with Gasteiger partial charge in [-0.05, 0) is 30.5 Å². The molecule has 0 radical (unpaired) electrons. The first-order chi connectivity index (χ1) is 8.86. The molecule has 4 rings (SSSR count). The largest absolute Gasteiger partial charge is 0.373 e. The summed E-state index contributed by atoms with van der Waals surface area (Å²) in [4.78, 5) is 4.29. The van der Waals surface area contributed by atoms with Gasteiger partial charge in [0.05, 0.1) is 12.7 Å². The summed E-state index contributed by atoms with van der Waals surface area (Å²) in [5, 5.41) is 3.36. The third kappa shape index (κ3) is 1.49. The zero-order valence-electron chi connectivity index (χ0n) is 10.3. The SMILES string of the molecule is c1cn2ccc(COC3CCC34CNC4)cc2n1. The molecule has 0 aromatic carbocycles. The average Bonchev–Trinajstić information content (AvgIpc) is 2.73. The Kier molecular flexibility index (Phi) is 2.22. The fourth-order valence-corrected chi connectivity index (χ4v) is 3.02. The van der Waals surface area contributed by atoms with Crippen LogP contribution in [-0.4, -0.2) is 28.6 Å². The minimum Gasteiger partial charge on any atom is -0.373 e. The Morgan fingerprint density at radius 1 is 1.44 bits per heavy atom. The topological polar surface area (TPSA) is 38.6 Å². The van der Waals surface area contributed by atoms with Gasteiger partial charge in [0.15, 0.2) is 0 Å². The van der Waals surface area contributed by atoms with Gasteiger partial charge >= 0.3 is 0 Å². The number of aromatic nitrogens is 2. The van der Waals surface area contributed by atoms with Crippen molar-refractivity contribution in [1.82, 2.24) is 14.7 Å². The van der Waals surface area contributed by atoms with Gasteiger partial charge in [-0.15, -0.1) is 0 Å². The predicted molar refractivity (Wildman–Crippen MR) is 68.3 cm³/mol. The highest BCUT2D eigenvalue weighted by Gasteiger charge is 2.51. The molecule has 18 heavy (non-hydrogen) atoms. The number of rotatable bonds is 3. The molecule has 1 aliphatic heterocycles. The Morgan fingerprint density at radius 3 is 3.11 bits per heavy atom. The van der Waals surface area contributed by atoms with Crippen LogP contribution in [0.1, 0.15) is 18.4 Å². The van der Waals surface area contributed by atoms with Crippen LogP contribution in [0, 0.1) is 5.41 Å². The lowest BCUT2D eigenvalue weighted by Crippen LogP contribution is -2.65. The summed E-state index contributed by atoms with van der Waals surface area (Å²) >= 11 is 0. The lowest BCUT2D eigenvalue weighted by molar-refractivity contribution is -0.142. The van der Waals surface area contributed by atoms with E-state index in [1.54, 1.807) is 0 Å². The fraction of sp³-hybridized carbons (Fsp3) is 0.500. The van der Waals surface area contributed by atoms with Gasteiger partial charge in [-0.3, -0.25) is 0 Å². The normalized spacial score (nSPS) is 25.0. The van der Waals surface area contributed by atoms with Crippen LogP contribution in [0.15, 0.2) is 30.7 Å². The van der Waals surface area contributed by atoms with E-state index in [1.807, 2.05) is 23.0 Å². The average molecular weight is 243 g/mol. The molecule has 3 heterocycles. The Bertz CT molecular complexity index is 568. The molecule has 1 saturated heterocycles. The van der Waals surface area contributed by atoms with Gasteiger partial charge in [0.1, 0.15) is 5.65 Å². The molecule has 1 atom stereocenters. The first kappa shape index (κ1) is 10.5. The molecule has 1 aliphatic carbocycles. The molecule has 0 bridgehead atoms. The van der Waals surface area contributed by atoms with Gasteiger partial charge < -0.3 is 14.5 Å². The Balaban J connectivity index is 1.45. The summed E-state index contributed by atoms with van der Waals surface area (Å²) < 4.78 is 8.09. The van der Waals surface area contributed by atoms with E-state index < -0.39 is 0 Å². The van der Waals surface area contributed by atoms with Gasteiger partial charge in [0, 0.05) is 37.1 Å². The van der Waals surface area contributed by atoms with Gasteiger partial charge in [0.2, 0.25) is 0 Å². The van der Waals surface area contributed by atoms with Crippen molar-refractivity contribution in [3.05, 3.63) is 36.3 Å². The van der Waals surface area contributed by atoms with E-state index in [-0.39, 0.29) is 0 Å². The summed E-state index contributed by atoms with van der Waals surface area (Å²) in [6, 6.07) is 4.21. The minimum absolute atomic E-state index is 0.453. The first-order valence-electron chi connectivity index (χ1n) is 6.60. The minimum atomic E-state index is 0.453. The predicted octanol–water partition coefficient (Wildman–Crippen LogP) is 1.60. The molecule has 1 unspecified atom stereocenters. The molecule has 2 fully saturated rings. The zero-order valence-corrected chi connectivity index (χ0v) is 10.3. The number of ether oxygens (including phenoxy) is 1. The third-order valence-corrected chi connectivity index (χ3v) is 4.46. The maximum Gasteiger partial charge on any atom is 0.136 e. The zero-order chi connectivity index (χ0) is 12.0. The van der Waals surface area contributed by atoms with Gasteiger partial charge in [-0.1, -0.05) is 0 Å². The van der Waals surface area contributed by atoms with E-state index in [9.17, 15) is 0 Å². The lowest BCUT2D eigenvalue weighted by Gasteiger charge is -2.55. The number of hydrogen-bond donors (Lipinski definition) is 1. The van der Waals surface area contributed by atoms with Crippen molar-refractivity contribution in [3.8, 4) is 0 Å². The first-order valence-corrected chi connectivity index (χ1v) is 6.60. The van der Waals surface area contributed by atoms with Crippen LogP contribution < -0.4 is 5.32 Å². The summed E-state index contributed by atoms with van der Waals surface area (Å²) in [6.45, 7) is 2.98. The fourth-order valence-electron chi connectivity index (χ4n) is 3.02. The molecule has 1 spiro atoms. The van der Waals surface area contributed by atoms with Crippen molar-refractivity contribution in [1.29, 1.82) is 0 Å². The smallest absolute Gasteiger partial charge is 0.136 e. The van der Waals surface area contributed by atoms with Gasteiger partial charge in [-0.25, -0.2) is 4.98 Å². The second kappa shape index (κ2) is 3.80. The lowest BCUT2D eigenvalue weighted by atomic mass is 9.62. The molecule has 1 N–H and O–H groups in total. The van der Waals surface area contributed by atoms with E-state index in [4.69, 9.17) is 4.74 Å². The second-order valence-corrected chi connectivity index (χ2v) is 5.53. The van der Waals surface area contributed by atoms with Crippen LogP contribution in [0.3, 0.4) is 0 Å². The maximum atomic E-state index is 6.07. The van der Waals surface area contributed by atoms with Crippen molar-refractivity contribution in [2.75, 3.05) is 13.1 Å². The molecule has 4 nitrogen and oxygen atoms in total. The Morgan fingerprint density at radius 2 is 2.39 bits per heavy atom. The molecule has 2 aliphatic rings. The van der Waals surface area contributed by atoms with E-state index in [0.717, 1.165) is 18.7 Å². The molecular formula is C14H17N3O. The number of nitrogens with zero attached hydrogens (tertiary/aromatic N) is 2. The molecule has 2 aromatic heterocycles. The summed E-state index contributed by atoms with van der Waals surface area (Å²) in [5.41, 5.74) is 2.67. The quantitative estimate of drug-likeness (QED) is 0.890. The van der Waals surface area contributed by atoms with E-state index in [1.165, 1.54) is 18.4 Å². The number of imidazole rings is 1. The van der Waals surface area contributed by atoms with Crippen LogP contribution >= 0.6 is 0 Å². The number of nitrogens with one attached hydrogen (secondary N) is 1. The molecule has 1 saturated carbocycles. The van der Waals surface area contributed by atoms with Crippen LogP contribution in [-0.2, 0) is 11.3 Å². The van der Waals surface area contributed by atoms with Crippen molar-refractivity contribution in [2.45, 2.75) is 25.6 Å². The van der Waals surface area contributed by atoms with Gasteiger partial charge in [0.25, 0.3) is 0 Å².